The lowest BCUT2D eigenvalue weighted by Gasteiger charge is -2.18. The van der Waals surface area contributed by atoms with Crippen LogP contribution in [0, 0.1) is 0 Å². The van der Waals surface area contributed by atoms with E-state index in [-0.39, 0.29) is 6.04 Å². The van der Waals surface area contributed by atoms with E-state index in [0.717, 1.165) is 29.1 Å². The summed E-state index contributed by atoms with van der Waals surface area (Å²) in [4.78, 5) is 12.6. The molecule has 0 aliphatic carbocycles. The number of amidine groups is 1. The van der Waals surface area contributed by atoms with Gasteiger partial charge in [-0.25, -0.2) is 9.97 Å². The van der Waals surface area contributed by atoms with E-state index in [4.69, 9.17) is 10.5 Å². The zero-order valence-corrected chi connectivity index (χ0v) is 16.0. The highest BCUT2D eigenvalue weighted by molar-refractivity contribution is 8.13. The minimum Gasteiger partial charge on any atom is -0.497 e. The Morgan fingerprint density at radius 1 is 1.00 bits per heavy atom. The second-order valence-corrected chi connectivity index (χ2v) is 7.01. The summed E-state index contributed by atoms with van der Waals surface area (Å²) in [7, 11) is 1.66. The van der Waals surface area contributed by atoms with Gasteiger partial charge in [-0.2, -0.15) is 0 Å². The topological polar surface area (TPSA) is 73.4 Å². The molecule has 2 aromatic carbocycles. The molecule has 1 aliphatic heterocycles. The lowest BCUT2D eigenvalue weighted by molar-refractivity contribution is 0.415. The first-order chi connectivity index (χ1) is 13.3. The predicted molar refractivity (Wildman–Crippen MR) is 112 cm³/mol. The Balaban J connectivity index is 0.000000221. The smallest absolute Gasteiger partial charge is 0.154 e. The van der Waals surface area contributed by atoms with Crippen LogP contribution in [-0.4, -0.2) is 28.0 Å². The molecule has 27 heavy (non-hydrogen) atoms. The molecular formula is C21H22N4OS. The van der Waals surface area contributed by atoms with Crippen LogP contribution in [-0.2, 0) is 0 Å². The summed E-state index contributed by atoms with van der Waals surface area (Å²) in [6.45, 7) is 0. The van der Waals surface area contributed by atoms with Crippen molar-refractivity contribution in [3.8, 4) is 16.9 Å². The summed E-state index contributed by atoms with van der Waals surface area (Å²) in [6, 6.07) is 18.2. The Hall–Kier alpha value is -2.86. The molecule has 3 aromatic rings. The molecule has 2 N–H and O–H groups in total. The highest BCUT2D eigenvalue weighted by Gasteiger charge is 2.16. The second kappa shape index (κ2) is 9.73. The standard InChI is InChI=1S/C14H14N4S.C7H8O/c15-14-18-13(4-5-19-14)11-3-1-2-10(6-11)12-7-16-9-17-8-12;1-8-7-5-3-2-4-6-7/h1-3,6-9,13H,4-5H2,(H2,15,18);2-6H,1H3. The van der Waals surface area contributed by atoms with Crippen LogP contribution < -0.4 is 10.5 Å². The number of aromatic nitrogens is 2. The van der Waals surface area contributed by atoms with Crippen molar-refractivity contribution in [1.29, 1.82) is 0 Å². The lowest BCUT2D eigenvalue weighted by Crippen LogP contribution is -2.15. The molecule has 0 saturated carbocycles. The zero-order chi connectivity index (χ0) is 18.9. The van der Waals surface area contributed by atoms with Gasteiger partial charge in [0.1, 0.15) is 12.1 Å². The maximum absolute atomic E-state index is 5.80. The number of nitrogens with zero attached hydrogens (tertiary/aromatic N) is 3. The minimum absolute atomic E-state index is 0.172. The quantitative estimate of drug-likeness (QED) is 0.734. The highest BCUT2D eigenvalue weighted by Crippen LogP contribution is 2.30. The summed E-state index contributed by atoms with van der Waals surface area (Å²) < 4.78 is 4.91. The van der Waals surface area contributed by atoms with Crippen LogP contribution >= 0.6 is 11.8 Å². The first-order valence-corrected chi connectivity index (χ1v) is 9.65. The van der Waals surface area contributed by atoms with Gasteiger partial charge >= 0.3 is 0 Å². The summed E-state index contributed by atoms with van der Waals surface area (Å²) in [5.41, 5.74) is 9.14. The van der Waals surface area contributed by atoms with Crippen molar-refractivity contribution in [2.75, 3.05) is 12.9 Å². The van der Waals surface area contributed by atoms with Crippen LogP contribution in [0.15, 0.2) is 78.3 Å². The third-order valence-corrected chi connectivity index (χ3v) is 4.91. The van der Waals surface area contributed by atoms with Gasteiger partial charge in [-0.15, -0.1) is 0 Å². The number of rotatable bonds is 3. The van der Waals surface area contributed by atoms with Crippen LogP contribution in [0.4, 0.5) is 0 Å². The second-order valence-electron chi connectivity index (χ2n) is 5.89. The van der Waals surface area contributed by atoms with Crippen molar-refractivity contribution >= 4 is 16.9 Å². The van der Waals surface area contributed by atoms with Gasteiger partial charge in [0.25, 0.3) is 0 Å². The molecule has 4 rings (SSSR count). The van der Waals surface area contributed by atoms with E-state index in [1.165, 1.54) is 11.9 Å². The number of aliphatic imine (C=N–C) groups is 1. The van der Waals surface area contributed by atoms with E-state index in [9.17, 15) is 0 Å². The van der Waals surface area contributed by atoms with Crippen molar-refractivity contribution in [1.82, 2.24) is 9.97 Å². The van der Waals surface area contributed by atoms with Crippen LogP contribution in [0.3, 0.4) is 0 Å². The summed E-state index contributed by atoms with van der Waals surface area (Å²) in [5, 5.41) is 0.685. The predicted octanol–water partition coefficient (Wildman–Crippen LogP) is 4.33. The van der Waals surface area contributed by atoms with E-state index in [0.29, 0.717) is 5.17 Å². The Morgan fingerprint density at radius 3 is 2.44 bits per heavy atom. The molecule has 0 amide bonds. The monoisotopic (exact) mass is 378 g/mol. The fourth-order valence-electron chi connectivity index (χ4n) is 2.70. The molecule has 1 atom stereocenters. The molecule has 1 aromatic heterocycles. The van der Waals surface area contributed by atoms with Gasteiger partial charge in [0.15, 0.2) is 5.17 Å². The van der Waals surface area contributed by atoms with Crippen LogP contribution in [0.1, 0.15) is 18.0 Å². The molecule has 0 radical (unpaired) electrons. The normalized spacial score (nSPS) is 15.9. The first kappa shape index (κ1) is 18.9. The Kier molecular flexibility index (Phi) is 6.82. The fourth-order valence-corrected chi connectivity index (χ4v) is 3.45. The van der Waals surface area contributed by atoms with Crippen molar-refractivity contribution in [3.63, 3.8) is 0 Å². The molecule has 1 unspecified atom stereocenters. The molecule has 6 heteroatoms. The van der Waals surface area contributed by atoms with Crippen molar-refractivity contribution in [2.45, 2.75) is 12.5 Å². The molecule has 0 fully saturated rings. The van der Waals surface area contributed by atoms with Gasteiger partial charge in [-0.3, -0.25) is 4.99 Å². The largest absolute Gasteiger partial charge is 0.497 e. The highest BCUT2D eigenvalue weighted by atomic mass is 32.2. The van der Waals surface area contributed by atoms with Crippen molar-refractivity contribution in [2.24, 2.45) is 10.7 Å². The molecule has 5 nitrogen and oxygen atoms in total. The van der Waals surface area contributed by atoms with Gasteiger partial charge < -0.3 is 10.5 Å². The number of nitrogens with two attached hydrogens (primary N) is 1. The number of thioether (sulfide) groups is 1. The number of hydrogen-bond donors (Lipinski definition) is 1. The molecule has 0 spiro atoms. The Morgan fingerprint density at radius 2 is 1.78 bits per heavy atom. The first-order valence-electron chi connectivity index (χ1n) is 8.66. The average Bonchev–Trinajstić information content (AvgIpc) is 2.75. The maximum atomic E-state index is 5.80. The SMILES string of the molecule is COc1ccccc1.NC1=NC(c2cccc(-c3cncnc3)c2)CCS1. The molecular weight excluding hydrogens is 356 g/mol. The van der Waals surface area contributed by atoms with Gasteiger partial charge in [-0.05, 0) is 35.7 Å². The third kappa shape index (κ3) is 5.56. The summed E-state index contributed by atoms with van der Waals surface area (Å²) >= 11 is 1.62. The Bertz CT molecular complexity index is 872. The van der Waals surface area contributed by atoms with Crippen molar-refractivity contribution < 1.29 is 4.74 Å². The van der Waals surface area contributed by atoms with Gasteiger partial charge in [0.05, 0.1) is 13.2 Å². The van der Waals surface area contributed by atoms with Gasteiger partial charge in [-0.1, -0.05) is 48.2 Å². The fraction of sp³-hybridized carbons (Fsp3) is 0.190. The lowest BCUT2D eigenvalue weighted by atomic mass is 10.00. The van der Waals surface area contributed by atoms with E-state index in [1.807, 2.05) is 48.8 Å². The van der Waals surface area contributed by atoms with E-state index in [1.54, 1.807) is 18.9 Å². The van der Waals surface area contributed by atoms with Crippen molar-refractivity contribution in [3.05, 3.63) is 78.9 Å². The summed E-state index contributed by atoms with van der Waals surface area (Å²) in [6.07, 6.45) is 6.21. The third-order valence-electron chi connectivity index (χ3n) is 4.07. The molecule has 2 heterocycles. The van der Waals surface area contributed by atoms with E-state index in [2.05, 4.69) is 33.2 Å². The molecule has 0 saturated heterocycles. The van der Waals surface area contributed by atoms with Crippen LogP contribution in [0.5, 0.6) is 5.75 Å². The molecule has 1 aliphatic rings. The van der Waals surface area contributed by atoms with Gasteiger partial charge in [0.2, 0.25) is 0 Å². The number of ether oxygens (including phenoxy) is 1. The summed E-state index contributed by atoms with van der Waals surface area (Å²) in [5.74, 6) is 1.94. The van der Waals surface area contributed by atoms with Crippen LogP contribution in [0.2, 0.25) is 0 Å². The molecule has 138 valence electrons. The number of methoxy groups -OCH3 is 1. The van der Waals surface area contributed by atoms with E-state index >= 15 is 0 Å². The van der Waals surface area contributed by atoms with Crippen LogP contribution in [0.25, 0.3) is 11.1 Å². The Labute approximate surface area is 163 Å². The molecule has 0 bridgehead atoms. The number of para-hydroxylation sites is 1. The zero-order valence-electron chi connectivity index (χ0n) is 15.2. The number of benzene rings is 2. The van der Waals surface area contributed by atoms with E-state index < -0.39 is 0 Å². The average molecular weight is 379 g/mol. The minimum atomic E-state index is 0.172. The maximum Gasteiger partial charge on any atom is 0.154 e. The van der Waals surface area contributed by atoms with Gasteiger partial charge in [0, 0.05) is 23.7 Å². The number of hydrogen-bond acceptors (Lipinski definition) is 6.